The smallest absolute Gasteiger partial charge is 0.235 e. The molecule has 2 N–H and O–H groups in total. The van der Waals surface area contributed by atoms with Crippen LogP contribution in [-0.2, 0) is 4.79 Å². The van der Waals surface area contributed by atoms with Gasteiger partial charge in [0.25, 0.3) is 0 Å². The molecule has 0 fully saturated rings. The fourth-order valence-corrected chi connectivity index (χ4v) is 4.34. The molecule has 0 saturated heterocycles. The highest BCUT2D eigenvalue weighted by atomic mass is 32.2. The molecule has 1 amide bonds. The van der Waals surface area contributed by atoms with Crippen molar-refractivity contribution in [1.82, 2.24) is 14.8 Å². The fourth-order valence-electron chi connectivity index (χ4n) is 3.34. The number of carbonyl (C=O) groups is 1. The summed E-state index contributed by atoms with van der Waals surface area (Å²) in [5, 5.41) is 8.77. The van der Waals surface area contributed by atoms with E-state index in [1.807, 2.05) is 83.4 Å². The second kappa shape index (κ2) is 9.57. The number of primary amides is 1. The van der Waals surface area contributed by atoms with Gasteiger partial charge in [-0.15, -0.1) is 10.2 Å². The first-order chi connectivity index (χ1) is 15.6. The largest absolute Gasteiger partial charge is 0.497 e. The molecule has 162 valence electrons. The molecule has 1 atom stereocenters. The average molecular weight is 447 g/mol. The van der Waals surface area contributed by atoms with Crippen molar-refractivity contribution in [2.75, 3.05) is 14.2 Å². The molecule has 1 unspecified atom stereocenters. The number of aromatic nitrogens is 3. The lowest BCUT2D eigenvalue weighted by molar-refractivity contribution is -0.117. The third kappa shape index (κ3) is 4.31. The molecule has 0 bridgehead atoms. The number of thioether (sulfide) groups is 1. The van der Waals surface area contributed by atoms with E-state index in [0.29, 0.717) is 16.7 Å². The van der Waals surface area contributed by atoms with Crippen molar-refractivity contribution < 1.29 is 14.3 Å². The molecule has 0 aliphatic carbocycles. The highest BCUT2D eigenvalue weighted by Gasteiger charge is 2.25. The Balaban J connectivity index is 1.85. The van der Waals surface area contributed by atoms with Crippen LogP contribution in [-0.4, -0.2) is 34.9 Å². The van der Waals surface area contributed by atoms with Crippen molar-refractivity contribution in [2.24, 2.45) is 5.73 Å². The Hall–Kier alpha value is -3.78. The Labute approximate surface area is 190 Å². The number of rotatable bonds is 8. The first-order valence-corrected chi connectivity index (χ1v) is 10.7. The topological polar surface area (TPSA) is 92.3 Å². The van der Waals surface area contributed by atoms with Gasteiger partial charge in [0.2, 0.25) is 5.91 Å². The van der Waals surface area contributed by atoms with E-state index >= 15 is 0 Å². The highest BCUT2D eigenvalue weighted by Crippen LogP contribution is 2.39. The van der Waals surface area contributed by atoms with Crippen molar-refractivity contribution >= 4 is 17.7 Å². The third-order valence-corrected chi connectivity index (χ3v) is 6.11. The first-order valence-electron chi connectivity index (χ1n) is 9.86. The summed E-state index contributed by atoms with van der Waals surface area (Å²) in [7, 11) is 3.23. The number of amides is 1. The molecule has 7 nitrogen and oxygen atoms in total. The molecule has 0 radical (unpaired) electrons. The molecule has 32 heavy (non-hydrogen) atoms. The zero-order valence-corrected chi connectivity index (χ0v) is 18.5. The van der Waals surface area contributed by atoms with Crippen LogP contribution in [0.4, 0.5) is 0 Å². The van der Waals surface area contributed by atoms with E-state index in [1.54, 1.807) is 14.2 Å². The maximum Gasteiger partial charge on any atom is 0.235 e. The standard InChI is InChI=1S/C24H22N4O3S/c1-30-18-14-12-17(13-15-18)28-23(19-10-6-7-11-20(19)31-2)26-27-24(28)32-21(22(25)29)16-8-4-3-5-9-16/h3-15,21H,1-2H3,(H2,25,29). The Morgan fingerprint density at radius 3 is 2.25 bits per heavy atom. The zero-order chi connectivity index (χ0) is 22.5. The number of hydrogen-bond donors (Lipinski definition) is 1. The second-order valence-corrected chi connectivity index (χ2v) is 7.92. The lowest BCUT2D eigenvalue weighted by atomic mass is 10.1. The first kappa shape index (κ1) is 21.5. The summed E-state index contributed by atoms with van der Waals surface area (Å²) in [6.07, 6.45) is 0. The van der Waals surface area contributed by atoms with Crippen LogP contribution in [0, 0.1) is 0 Å². The Morgan fingerprint density at radius 2 is 1.59 bits per heavy atom. The Kier molecular flexibility index (Phi) is 6.42. The average Bonchev–Trinajstić information content (AvgIpc) is 3.26. The van der Waals surface area contributed by atoms with Crippen LogP contribution >= 0.6 is 11.8 Å². The maximum atomic E-state index is 12.3. The van der Waals surface area contributed by atoms with E-state index in [4.69, 9.17) is 15.2 Å². The van der Waals surface area contributed by atoms with E-state index in [2.05, 4.69) is 10.2 Å². The quantitative estimate of drug-likeness (QED) is 0.407. The number of benzene rings is 3. The molecule has 4 aromatic rings. The van der Waals surface area contributed by atoms with Gasteiger partial charge in [-0.2, -0.15) is 0 Å². The van der Waals surface area contributed by atoms with Crippen molar-refractivity contribution in [3.63, 3.8) is 0 Å². The van der Waals surface area contributed by atoms with Gasteiger partial charge < -0.3 is 15.2 Å². The van der Waals surface area contributed by atoms with Crippen molar-refractivity contribution in [1.29, 1.82) is 0 Å². The van der Waals surface area contributed by atoms with Crippen LogP contribution < -0.4 is 15.2 Å². The fraction of sp³-hybridized carbons (Fsp3) is 0.125. The summed E-state index contributed by atoms with van der Waals surface area (Å²) in [6, 6.07) is 24.5. The van der Waals surface area contributed by atoms with Gasteiger partial charge in [-0.1, -0.05) is 54.2 Å². The molecule has 1 heterocycles. The van der Waals surface area contributed by atoms with Crippen LogP contribution in [0.5, 0.6) is 11.5 Å². The van der Waals surface area contributed by atoms with Crippen LogP contribution in [0.2, 0.25) is 0 Å². The second-order valence-electron chi connectivity index (χ2n) is 6.85. The molecule has 0 aliphatic heterocycles. The van der Waals surface area contributed by atoms with Crippen molar-refractivity contribution in [2.45, 2.75) is 10.4 Å². The summed E-state index contributed by atoms with van der Waals surface area (Å²) in [5.74, 6) is 1.53. The highest BCUT2D eigenvalue weighted by molar-refractivity contribution is 8.00. The van der Waals surface area contributed by atoms with E-state index < -0.39 is 11.2 Å². The van der Waals surface area contributed by atoms with Gasteiger partial charge in [-0.3, -0.25) is 9.36 Å². The number of hydrogen-bond acceptors (Lipinski definition) is 6. The van der Waals surface area contributed by atoms with Gasteiger partial charge in [0, 0.05) is 0 Å². The number of carbonyl (C=O) groups excluding carboxylic acids is 1. The van der Waals surface area contributed by atoms with Gasteiger partial charge in [0.1, 0.15) is 16.7 Å². The minimum Gasteiger partial charge on any atom is -0.497 e. The summed E-state index contributed by atoms with van der Waals surface area (Å²) in [4.78, 5) is 12.3. The van der Waals surface area contributed by atoms with Gasteiger partial charge in [-0.25, -0.2) is 0 Å². The third-order valence-electron chi connectivity index (χ3n) is 4.90. The Morgan fingerprint density at radius 1 is 0.906 bits per heavy atom. The summed E-state index contributed by atoms with van der Waals surface area (Å²) >= 11 is 1.25. The molecule has 0 spiro atoms. The van der Waals surface area contributed by atoms with E-state index in [-0.39, 0.29) is 0 Å². The number of nitrogens with two attached hydrogens (primary N) is 1. The van der Waals surface area contributed by atoms with Crippen LogP contribution in [0.15, 0.2) is 84.0 Å². The summed E-state index contributed by atoms with van der Waals surface area (Å²) < 4.78 is 12.7. The maximum absolute atomic E-state index is 12.3. The lowest BCUT2D eigenvalue weighted by Gasteiger charge is -2.16. The minimum absolute atomic E-state index is 0.454. The SMILES string of the molecule is COc1ccc(-n2c(SC(C(N)=O)c3ccccc3)nnc2-c2ccccc2OC)cc1. The monoisotopic (exact) mass is 446 g/mol. The lowest BCUT2D eigenvalue weighted by Crippen LogP contribution is -2.19. The summed E-state index contributed by atoms with van der Waals surface area (Å²) in [6.45, 7) is 0. The minimum atomic E-state index is -0.622. The predicted molar refractivity (Wildman–Crippen MR) is 124 cm³/mol. The van der Waals surface area contributed by atoms with Crippen molar-refractivity contribution in [3.8, 4) is 28.6 Å². The van der Waals surface area contributed by atoms with E-state index in [1.165, 1.54) is 11.8 Å². The van der Waals surface area contributed by atoms with Gasteiger partial charge in [0.15, 0.2) is 11.0 Å². The van der Waals surface area contributed by atoms with E-state index in [9.17, 15) is 4.79 Å². The van der Waals surface area contributed by atoms with Gasteiger partial charge >= 0.3 is 0 Å². The molecule has 0 aliphatic rings. The van der Waals surface area contributed by atoms with Crippen LogP contribution in [0.3, 0.4) is 0 Å². The number of para-hydroxylation sites is 1. The Bertz CT molecular complexity index is 1210. The molecule has 1 aromatic heterocycles. The molecular formula is C24H22N4O3S. The summed E-state index contributed by atoms with van der Waals surface area (Å²) in [5.41, 5.74) is 8.15. The molecule has 3 aromatic carbocycles. The number of ether oxygens (including phenoxy) is 2. The zero-order valence-electron chi connectivity index (χ0n) is 17.6. The van der Waals surface area contributed by atoms with Gasteiger partial charge in [0.05, 0.1) is 25.5 Å². The van der Waals surface area contributed by atoms with E-state index in [0.717, 1.165) is 22.6 Å². The predicted octanol–water partition coefficient (Wildman–Crippen LogP) is 4.27. The van der Waals surface area contributed by atoms with Crippen LogP contribution in [0.25, 0.3) is 17.1 Å². The normalized spacial score (nSPS) is 11.7. The number of methoxy groups -OCH3 is 2. The number of nitrogens with zero attached hydrogens (tertiary/aromatic N) is 3. The molecular weight excluding hydrogens is 424 g/mol. The molecule has 8 heteroatoms. The van der Waals surface area contributed by atoms with Crippen molar-refractivity contribution in [3.05, 3.63) is 84.4 Å². The van der Waals surface area contributed by atoms with Gasteiger partial charge in [-0.05, 0) is 42.0 Å². The molecule has 0 saturated carbocycles. The molecule has 4 rings (SSSR count). The van der Waals surface area contributed by atoms with Crippen LogP contribution in [0.1, 0.15) is 10.8 Å².